The summed E-state index contributed by atoms with van der Waals surface area (Å²) in [7, 11) is 0. The van der Waals surface area contributed by atoms with Crippen molar-refractivity contribution in [2.75, 3.05) is 5.32 Å². The Morgan fingerprint density at radius 3 is 2.35 bits per heavy atom. The quantitative estimate of drug-likeness (QED) is 0.621. The predicted molar refractivity (Wildman–Crippen MR) is 106 cm³/mol. The van der Waals surface area contributed by atoms with E-state index in [1.165, 1.54) is 0 Å². The SMILES string of the molecule is Cc1cccc(C)c1NC(=O)c1cc(Cl)ccc1OCc1ccccc1. The van der Waals surface area contributed by atoms with Crippen molar-refractivity contribution in [3.63, 3.8) is 0 Å². The molecule has 0 aliphatic heterocycles. The molecule has 0 atom stereocenters. The number of nitrogens with one attached hydrogen (secondary N) is 1. The van der Waals surface area contributed by atoms with Crippen LogP contribution in [-0.2, 0) is 6.61 Å². The molecule has 3 aromatic carbocycles. The lowest BCUT2D eigenvalue weighted by Crippen LogP contribution is -2.15. The van der Waals surface area contributed by atoms with E-state index in [1.54, 1.807) is 18.2 Å². The fourth-order valence-corrected chi connectivity index (χ4v) is 2.91. The first-order chi connectivity index (χ1) is 12.5. The largest absolute Gasteiger partial charge is 0.488 e. The third-order valence-electron chi connectivity index (χ3n) is 4.14. The molecule has 0 aromatic heterocycles. The highest BCUT2D eigenvalue weighted by Gasteiger charge is 2.16. The molecule has 1 amide bonds. The molecule has 0 radical (unpaired) electrons. The van der Waals surface area contributed by atoms with Gasteiger partial charge in [0.2, 0.25) is 0 Å². The number of amides is 1. The van der Waals surface area contributed by atoms with Gasteiger partial charge in [-0.1, -0.05) is 60.1 Å². The monoisotopic (exact) mass is 365 g/mol. The number of para-hydroxylation sites is 1. The fraction of sp³-hybridized carbons (Fsp3) is 0.136. The average Bonchev–Trinajstić information content (AvgIpc) is 2.64. The number of carbonyl (C=O) groups excluding carboxylic acids is 1. The lowest BCUT2D eigenvalue weighted by Gasteiger charge is -2.15. The molecule has 0 heterocycles. The van der Waals surface area contributed by atoms with Gasteiger partial charge in [0.25, 0.3) is 5.91 Å². The number of hydrogen-bond donors (Lipinski definition) is 1. The number of hydrogen-bond acceptors (Lipinski definition) is 2. The van der Waals surface area contributed by atoms with Crippen molar-refractivity contribution in [3.8, 4) is 5.75 Å². The van der Waals surface area contributed by atoms with E-state index in [-0.39, 0.29) is 5.91 Å². The van der Waals surface area contributed by atoms with Crippen molar-refractivity contribution in [2.24, 2.45) is 0 Å². The van der Waals surface area contributed by atoms with Gasteiger partial charge in [0.05, 0.1) is 5.56 Å². The van der Waals surface area contributed by atoms with Crippen LogP contribution in [0.4, 0.5) is 5.69 Å². The highest BCUT2D eigenvalue weighted by molar-refractivity contribution is 6.31. The van der Waals surface area contributed by atoms with Crippen molar-refractivity contribution in [3.05, 3.63) is 94.0 Å². The van der Waals surface area contributed by atoms with Gasteiger partial charge in [-0.2, -0.15) is 0 Å². The molecule has 0 unspecified atom stereocenters. The second-order valence-electron chi connectivity index (χ2n) is 6.14. The number of carbonyl (C=O) groups is 1. The molecule has 26 heavy (non-hydrogen) atoms. The Labute approximate surface area is 158 Å². The van der Waals surface area contributed by atoms with Crippen LogP contribution in [0, 0.1) is 13.8 Å². The topological polar surface area (TPSA) is 38.3 Å². The summed E-state index contributed by atoms with van der Waals surface area (Å²) in [5.74, 6) is 0.259. The normalized spacial score (nSPS) is 10.4. The first kappa shape index (κ1) is 18.0. The lowest BCUT2D eigenvalue weighted by atomic mass is 10.1. The van der Waals surface area contributed by atoms with Crippen molar-refractivity contribution in [2.45, 2.75) is 20.5 Å². The van der Waals surface area contributed by atoms with Gasteiger partial charge in [-0.15, -0.1) is 0 Å². The molecule has 3 aromatic rings. The molecule has 0 aliphatic carbocycles. The molecule has 0 saturated carbocycles. The Balaban J connectivity index is 1.84. The van der Waals surface area contributed by atoms with Gasteiger partial charge in [-0.25, -0.2) is 0 Å². The Morgan fingerprint density at radius 2 is 1.65 bits per heavy atom. The zero-order valence-corrected chi connectivity index (χ0v) is 15.5. The van der Waals surface area contributed by atoms with Crippen LogP contribution >= 0.6 is 11.6 Å². The Hall–Kier alpha value is -2.78. The summed E-state index contributed by atoms with van der Waals surface area (Å²) in [6.45, 7) is 4.31. The number of anilines is 1. The minimum atomic E-state index is -0.243. The van der Waals surface area contributed by atoms with E-state index in [1.807, 2.05) is 62.4 Å². The van der Waals surface area contributed by atoms with Crippen molar-refractivity contribution >= 4 is 23.2 Å². The maximum Gasteiger partial charge on any atom is 0.259 e. The van der Waals surface area contributed by atoms with Crippen LogP contribution in [0.3, 0.4) is 0 Å². The van der Waals surface area contributed by atoms with Gasteiger partial charge < -0.3 is 10.1 Å². The second kappa shape index (κ2) is 8.07. The zero-order chi connectivity index (χ0) is 18.5. The molecule has 0 bridgehead atoms. The maximum atomic E-state index is 12.9. The molecule has 0 aliphatic rings. The molecule has 132 valence electrons. The van der Waals surface area contributed by atoms with E-state index >= 15 is 0 Å². The van der Waals surface area contributed by atoms with Crippen molar-refractivity contribution < 1.29 is 9.53 Å². The van der Waals surface area contributed by atoms with Crippen molar-refractivity contribution in [1.29, 1.82) is 0 Å². The molecule has 0 fully saturated rings. The first-order valence-electron chi connectivity index (χ1n) is 8.38. The van der Waals surface area contributed by atoms with E-state index < -0.39 is 0 Å². The van der Waals surface area contributed by atoms with Crippen LogP contribution in [0.2, 0.25) is 5.02 Å². The van der Waals surface area contributed by atoms with Crippen LogP contribution in [0.15, 0.2) is 66.7 Å². The van der Waals surface area contributed by atoms with Gasteiger partial charge >= 0.3 is 0 Å². The number of benzene rings is 3. The molecule has 1 N–H and O–H groups in total. The number of rotatable bonds is 5. The summed E-state index contributed by atoms with van der Waals surface area (Å²) < 4.78 is 5.88. The third-order valence-corrected chi connectivity index (χ3v) is 4.38. The highest BCUT2D eigenvalue weighted by Crippen LogP contribution is 2.27. The summed E-state index contributed by atoms with van der Waals surface area (Å²) in [6, 6.07) is 20.8. The molecule has 4 heteroatoms. The third kappa shape index (κ3) is 4.24. The minimum Gasteiger partial charge on any atom is -0.488 e. The van der Waals surface area contributed by atoms with E-state index in [4.69, 9.17) is 16.3 Å². The number of ether oxygens (including phenoxy) is 1. The van der Waals surface area contributed by atoms with E-state index in [2.05, 4.69) is 5.32 Å². The summed E-state index contributed by atoms with van der Waals surface area (Å²) >= 11 is 6.11. The van der Waals surface area contributed by atoms with Crippen LogP contribution < -0.4 is 10.1 Å². The summed E-state index contributed by atoms with van der Waals surface area (Å²) in [5, 5.41) is 3.47. The van der Waals surface area contributed by atoms with Crippen LogP contribution in [0.1, 0.15) is 27.0 Å². The van der Waals surface area contributed by atoms with Crippen LogP contribution in [0.5, 0.6) is 5.75 Å². The Kier molecular flexibility index (Phi) is 5.59. The molecule has 0 saturated heterocycles. The van der Waals surface area contributed by atoms with Gasteiger partial charge in [0.1, 0.15) is 12.4 Å². The summed E-state index contributed by atoms with van der Waals surface area (Å²) in [4.78, 5) is 12.9. The van der Waals surface area contributed by atoms with Gasteiger partial charge in [0.15, 0.2) is 0 Å². The number of halogens is 1. The highest BCUT2D eigenvalue weighted by atomic mass is 35.5. The molecule has 3 nitrogen and oxygen atoms in total. The van der Waals surface area contributed by atoms with E-state index in [9.17, 15) is 4.79 Å². The summed E-state index contributed by atoms with van der Waals surface area (Å²) in [5.41, 5.74) is 4.27. The Morgan fingerprint density at radius 1 is 0.962 bits per heavy atom. The van der Waals surface area contributed by atoms with Gasteiger partial charge in [0, 0.05) is 10.7 Å². The molecule has 3 rings (SSSR count). The standard InChI is InChI=1S/C22H20ClNO2/c1-15-7-6-8-16(2)21(15)24-22(25)19-13-18(23)11-12-20(19)26-14-17-9-4-3-5-10-17/h3-13H,14H2,1-2H3,(H,24,25). The maximum absolute atomic E-state index is 12.9. The van der Waals surface area contributed by atoms with Gasteiger partial charge in [-0.05, 0) is 48.7 Å². The van der Waals surface area contributed by atoms with Gasteiger partial charge in [-0.3, -0.25) is 4.79 Å². The van der Waals surface area contributed by atoms with E-state index in [0.717, 1.165) is 22.4 Å². The van der Waals surface area contributed by atoms with Crippen molar-refractivity contribution in [1.82, 2.24) is 0 Å². The minimum absolute atomic E-state index is 0.243. The lowest BCUT2D eigenvalue weighted by molar-refractivity contribution is 0.102. The number of aryl methyl sites for hydroxylation is 2. The average molecular weight is 366 g/mol. The van der Waals surface area contributed by atoms with Crippen LogP contribution in [0.25, 0.3) is 0 Å². The van der Waals surface area contributed by atoms with E-state index in [0.29, 0.717) is 22.9 Å². The second-order valence-corrected chi connectivity index (χ2v) is 6.57. The Bertz CT molecular complexity index is 902. The predicted octanol–water partition coefficient (Wildman–Crippen LogP) is 5.79. The zero-order valence-electron chi connectivity index (χ0n) is 14.8. The first-order valence-corrected chi connectivity index (χ1v) is 8.76. The fourth-order valence-electron chi connectivity index (χ4n) is 2.73. The van der Waals surface area contributed by atoms with Crippen LogP contribution in [-0.4, -0.2) is 5.91 Å². The summed E-state index contributed by atoms with van der Waals surface area (Å²) in [6.07, 6.45) is 0. The molecule has 0 spiro atoms. The molecular weight excluding hydrogens is 346 g/mol. The molecular formula is C22H20ClNO2. The smallest absolute Gasteiger partial charge is 0.259 e.